The van der Waals surface area contributed by atoms with Gasteiger partial charge in [-0.3, -0.25) is 14.8 Å². The molecule has 1 amide bonds. The number of rotatable bonds is 5. The number of hydrogen-bond donors (Lipinski definition) is 2. The molecule has 0 aliphatic carbocycles. The van der Waals surface area contributed by atoms with E-state index in [1.807, 2.05) is 31.0 Å². The quantitative estimate of drug-likeness (QED) is 0.381. The molecule has 3 rings (SSSR count). The topological polar surface area (TPSA) is 69.6 Å². The Morgan fingerprint density at radius 2 is 2.11 bits per heavy atom. The number of para-hydroxylation sites is 1. The van der Waals surface area contributed by atoms with Gasteiger partial charge in [-0.15, -0.1) is 24.0 Å². The second-order valence-corrected chi connectivity index (χ2v) is 7.31. The van der Waals surface area contributed by atoms with Gasteiger partial charge in [-0.05, 0) is 24.5 Å². The van der Waals surface area contributed by atoms with Gasteiger partial charge in [0.15, 0.2) is 5.96 Å². The summed E-state index contributed by atoms with van der Waals surface area (Å²) in [5.74, 6) is 1.06. The molecule has 1 aliphatic rings. The lowest BCUT2D eigenvalue weighted by Gasteiger charge is -2.20. The molecule has 2 heterocycles. The molecule has 0 bridgehead atoms. The summed E-state index contributed by atoms with van der Waals surface area (Å²) in [7, 11) is 1.78. The molecule has 1 unspecified atom stereocenters. The fourth-order valence-corrected chi connectivity index (χ4v) is 3.52. The molecule has 1 fully saturated rings. The van der Waals surface area contributed by atoms with Gasteiger partial charge in [0.05, 0.1) is 5.52 Å². The minimum atomic E-state index is 0. The first-order valence-electron chi connectivity index (χ1n) is 9.67. The van der Waals surface area contributed by atoms with Crippen molar-refractivity contribution in [3.05, 3.63) is 42.1 Å². The lowest BCUT2D eigenvalue weighted by molar-refractivity contribution is -0.133. The van der Waals surface area contributed by atoms with E-state index in [9.17, 15) is 4.79 Å². The van der Waals surface area contributed by atoms with Gasteiger partial charge in [0, 0.05) is 50.2 Å². The fourth-order valence-electron chi connectivity index (χ4n) is 3.52. The maximum Gasteiger partial charge on any atom is 0.225 e. The average Bonchev–Trinajstić information content (AvgIpc) is 3.15. The van der Waals surface area contributed by atoms with Crippen LogP contribution in [0.1, 0.15) is 25.8 Å². The number of pyridine rings is 1. The van der Waals surface area contributed by atoms with E-state index < -0.39 is 0 Å². The van der Waals surface area contributed by atoms with Crippen LogP contribution in [0.5, 0.6) is 0 Å². The highest BCUT2D eigenvalue weighted by atomic mass is 127. The molecule has 7 heteroatoms. The molecule has 152 valence electrons. The van der Waals surface area contributed by atoms with Gasteiger partial charge in [-0.2, -0.15) is 0 Å². The van der Waals surface area contributed by atoms with Crippen molar-refractivity contribution in [1.29, 1.82) is 0 Å². The molecule has 0 spiro atoms. The Bertz CT molecular complexity index is 818. The lowest BCUT2D eigenvalue weighted by Crippen LogP contribution is -2.45. The van der Waals surface area contributed by atoms with E-state index in [1.54, 1.807) is 7.05 Å². The number of fused-ring (bicyclic) bond motifs is 1. The smallest absolute Gasteiger partial charge is 0.225 e. The number of halogens is 1. The van der Waals surface area contributed by atoms with Crippen LogP contribution in [-0.2, 0) is 11.2 Å². The Morgan fingerprint density at radius 1 is 1.32 bits per heavy atom. The summed E-state index contributed by atoms with van der Waals surface area (Å²) in [5, 5.41) is 7.99. The number of hydrogen-bond acceptors (Lipinski definition) is 3. The molecule has 2 aromatic rings. The van der Waals surface area contributed by atoms with Crippen molar-refractivity contribution in [1.82, 2.24) is 20.5 Å². The first kappa shape index (κ1) is 22.4. The van der Waals surface area contributed by atoms with Crippen LogP contribution in [0.3, 0.4) is 0 Å². The number of guanidine groups is 1. The third kappa shape index (κ3) is 5.56. The van der Waals surface area contributed by atoms with Gasteiger partial charge in [0.1, 0.15) is 0 Å². The van der Waals surface area contributed by atoms with Crippen molar-refractivity contribution >= 4 is 46.7 Å². The standard InChI is InChI=1S/C21H29N5O.HI/c1-15(2)20(27)26-13-10-18(14-26)25-21(22-3)24-12-9-17-7-4-6-16-8-5-11-23-19(16)17;/h4-8,11,15,18H,9-10,12-14H2,1-3H3,(H2,22,24,25);1H. The number of benzene rings is 1. The maximum absolute atomic E-state index is 12.1. The highest BCUT2D eigenvalue weighted by Crippen LogP contribution is 2.16. The Kier molecular flexibility index (Phi) is 8.47. The highest BCUT2D eigenvalue weighted by Gasteiger charge is 2.27. The van der Waals surface area contributed by atoms with Gasteiger partial charge >= 0.3 is 0 Å². The van der Waals surface area contributed by atoms with E-state index in [0.29, 0.717) is 0 Å². The molecule has 28 heavy (non-hydrogen) atoms. The highest BCUT2D eigenvalue weighted by molar-refractivity contribution is 14.0. The largest absolute Gasteiger partial charge is 0.356 e. The summed E-state index contributed by atoms with van der Waals surface area (Å²) in [4.78, 5) is 22.9. The van der Waals surface area contributed by atoms with Gasteiger partial charge < -0.3 is 15.5 Å². The number of nitrogens with one attached hydrogen (secondary N) is 2. The van der Waals surface area contributed by atoms with E-state index in [1.165, 1.54) is 10.9 Å². The van der Waals surface area contributed by atoms with E-state index in [4.69, 9.17) is 0 Å². The van der Waals surface area contributed by atoms with Crippen molar-refractivity contribution in [2.75, 3.05) is 26.7 Å². The van der Waals surface area contributed by atoms with Gasteiger partial charge in [0.25, 0.3) is 0 Å². The molecule has 0 saturated carbocycles. The normalized spacial score (nSPS) is 16.9. The molecule has 1 aromatic heterocycles. The van der Waals surface area contributed by atoms with Crippen LogP contribution in [0.4, 0.5) is 0 Å². The molecule has 2 N–H and O–H groups in total. The van der Waals surface area contributed by atoms with Crippen molar-refractivity contribution in [2.45, 2.75) is 32.7 Å². The minimum Gasteiger partial charge on any atom is -0.356 e. The zero-order valence-electron chi connectivity index (χ0n) is 16.8. The zero-order chi connectivity index (χ0) is 19.2. The third-order valence-electron chi connectivity index (χ3n) is 4.96. The van der Waals surface area contributed by atoms with Crippen molar-refractivity contribution < 1.29 is 4.79 Å². The van der Waals surface area contributed by atoms with E-state index in [-0.39, 0.29) is 41.8 Å². The average molecular weight is 495 g/mol. The monoisotopic (exact) mass is 495 g/mol. The number of nitrogens with zero attached hydrogens (tertiary/aromatic N) is 3. The molecule has 6 nitrogen and oxygen atoms in total. The molecule has 0 radical (unpaired) electrons. The Labute approximate surface area is 184 Å². The summed E-state index contributed by atoms with van der Waals surface area (Å²) in [5.41, 5.74) is 2.29. The van der Waals surface area contributed by atoms with Crippen molar-refractivity contribution in [3.8, 4) is 0 Å². The number of carbonyl (C=O) groups is 1. The van der Waals surface area contributed by atoms with Crippen LogP contribution >= 0.6 is 24.0 Å². The number of likely N-dealkylation sites (tertiary alicyclic amines) is 1. The van der Waals surface area contributed by atoms with E-state index in [2.05, 4.69) is 44.9 Å². The first-order valence-corrected chi connectivity index (χ1v) is 9.67. The minimum absolute atomic E-state index is 0. The zero-order valence-corrected chi connectivity index (χ0v) is 19.1. The molecule has 1 saturated heterocycles. The van der Waals surface area contributed by atoms with Crippen molar-refractivity contribution in [3.63, 3.8) is 0 Å². The molecule has 1 aliphatic heterocycles. The van der Waals surface area contributed by atoms with E-state index >= 15 is 0 Å². The SMILES string of the molecule is CN=C(NCCc1cccc2cccnc12)NC1CCN(C(=O)C(C)C)C1.I. The number of amides is 1. The maximum atomic E-state index is 12.1. The van der Waals surface area contributed by atoms with Gasteiger partial charge in [-0.1, -0.05) is 38.1 Å². The van der Waals surface area contributed by atoms with Gasteiger partial charge in [-0.25, -0.2) is 0 Å². The van der Waals surface area contributed by atoms with E-state index in [0.717, 1.165) is 44.0 Å². The fraction of sp³-hybridized carbons (Fsp3) is 0.476. The lowest BCUT2D eigenvalue weighted by atomic mass is 10.1. The predicted octanol–water partition coefficient (Wildman–Crippen LogP) is 2.82. The summed E-state index contributed by atoms with van der Waals surface area (Å²) >= 11 is 0. The Morgan fingerprint density at radius 3 is 2.86 bits per heavy atom. The number of carbonyl (C=O) groups excluding carboxylic acids is 1. The number of aliphatic imine (C=N–C) groups is 1. The van der Waals surface area contributed by atoms with Crippen LogP contribution in [0, 0.1) is 5.92 Å². The van der Waals surface area contributed by atoms with Crippen LogP contribution in [0.2, 0.25) is 0 Å². The first-order chi connectivity index (χ1) is 13.1. The summed E-state index contributed by atoms with van der Waals surface area (Å²) in [6, 6.07) is 10.6. The molecule has 1 atom stereocenters. The van der Waals surface area contributed by atoms with Crippen LogP contribution in [0.25, 0.3) is 10.9 Å². The van der Waals surface area contributed by atoms with Crippen LogP contribution < -0.4 is 10.6 Å². The van der Waals surface area contributed by atoms with Crippen molar-refractivity contribution in [2.24, 2.45) is 10.9 Å². The molecular formula is C21H30IN5O. The second kappa shape index (κ2) is 10.6. The van der Waals surface area contributed by atoms with Crippen LogP contribution in [0.15, 0.2) is 41.5 Å². The predicted molar refractivity (Wildman–Crippen MR) is 125 cm³/mol. The summed E-state index contributed by atoms with van der Waals surface area (Å²) in [6.07, 6.45) is 3.66. The van der Waals surface area contributed by atoms with Gasteiger partial charge in [0.2, 0.25) is 5.91 Å². The van der Waals surface area contributed by atoms with Crippen LogP contribution in [-0.4, -0.2) is 54.5 Å². The Balaban J connectivity index is 0.00000280. The number of aromatic nitrogens is 1. The molecular weight excluding hydrogens is 465 g/mol. The Hall–Kier alpha value is -1.90. The summed E-state index contributed by atoms with van der Waals surface area (Å²) < 4.78 is 0. The summed E-state index contributed by atoms with van der Waals surface area (Å²) in [6.45, 7) is 6.23. The third-order valence-corrected chi connectivity index (χ3v) is 4.96. The molecule has 1 aromatic carbocycles. The second-order valence-electron chi connectivity index (χ2n) is 7.31.